The summed E-state index contributed by atoms with van der Waals surface area (Å²) in [5.74, 6) is 1.62. The molecule has 1 heterocycles. The van der Waals surface area contributed by atoms with E-state index >= 15 is 0 Å². The second kappa shape index (κ2) is 8.12. The van der Waals surface area contributed by atoms with Gasteiger partial charge in [0.2, 0.25) is 0 Å². The maximum atomic E-state index is 12.3. The van der Waals surface area contributed by atoms with Crippen molar-refractivity contribution in [3.05, 3.63) is 53.2 Å². The number of carbonyl (C=O) groups is 1. The summed E-state index contributed by atoms with van der Waals surface area (Å²) in [5.41, 5.74) is 2.59. The highest BCUT2D eigenvalue weighted by molar-refractivity contribution is 5.74. The van der Waals surface area contributed by atoms with Gasteiger partial charge in [0, 0.05) is 6.20 Å². The number of benzene rings is 2. The van der Waals surface area contributed by atoms with Crippen molar-refractivity contribution in [3.8, 4) is 23.0 Å². The van der Waals surface area contributed by atoms with Gasteiger partial charge in [-0.1, -0.05) is 6.07 Å². The molecule has 0 aromatic heterocycles. The SMILES string of the molecule is COC(=O)N1C=Cc2cc(OC)c(O)cc2C1Cc1ccc(OC)c(OC)c1. The Hall–Kier alpha value is -3.35. The fourth-order valence-corrected chi connectivity index (χ4v) is 3.34. The number of carbonyl (C=O) groups excluding carboxylic acids is 1. The van der Waals surface area contributed by atoms with Crippen molar-refractivity contribution in [1.29, 1.82) is 0 Å². The van der Waals surface area contributed by atoms with Gasteiger partial charge in [0.05, 0.1) is 34.5 Å². The van der Waals surface area contributed by atoms with E-state index in [-0.39, 0.29) is 11.8 Å². The first-order valence-electron chi connectivity index (χ1n) is 8.68. The summed E-state index contributed by atoms with van der Waals surface area (Å²) in [7, 11) is 5.99. The molecule has 0 saturated carbocycles. The molecule has 2 aromatic rings. The molecular weight excluding hydrogens is 362 g/mol. The van der Waals surface area contributed by atoms with Crippen molar-refractivity contribution in [2.45, 2.75) is 12.5 Å². The summed E-state index contributed by atoms with van der Waals surface area (Å²) in [6, 6.07) is 8.61. The average molecular weight is 385 g/mol. The molecule has 2 aromatic carbocycles. The number of methoxy groups -OCH3 is 4. The molecular formula is C21H23NO6. The van der Waals surface area contributed by atoms with Crippen molar-refractivity contribution < 1.29 is 28.8 Å². The van der Waals surface area contributed by atoms with Gasteiger partial charge < -0.3 is 24.1 Å². The highest BCUT2D eigenvalue weighted by atomic mass is 16.5. The predicted molar refractivity (Wildman–Crippen MR) is 104 cm³/mol. The molecule has 1 aliphatic rings. The van der Waals surface area contributed by atoms with E-state index in [0.29, 0.717) is 23.7 Å². The smallest absolute Gasteiger partial charge is 0.414 e. The molecule has 1 N–H and O–H groups in total. The van der Waals surface area contributed by atoms with E-state index in [0.717, 1.165) is 16.7 Å². The molecule has 28 heavy (non-hydrogen) atoms. The number of phenols is 1. The fourth-order valence-electron chi connectivity index (χ4n) is 3.34. The lowest BCUT2D eigenvalue weighted by Gasteiger charge is -2.32. The van der Waals surface area contributed by atoms with Crippen molar-refractivity contribution >= 4 is 12.2 Å². The number of aromatic hydroxyl groups is 1. The molecule has 7 heteroatoms. The van der Waals surface area contributed by atoms with Gasteiger partial charge >= 0.3 is 6.09 Å². The Labute approximate surface area is 163 Å². The Morgan fingerprint density at radius 3 is 2.36 bits per heavy atom. The second-order valence-corrected chi connectivity index (χ2v) is 6.26. The highest BCUT2D eigenvalue weighted by Crippen LogP contribution is 2.40. The van der Waals surface area contributed by atoms with Crippen LogP contribution in [-0.4, -0.2) is 44.5 Å². The Kier molecular flexibility index (Phi) is 5.63. The number of ether oxygens (including phenoxy) is 4. The number of fused-ring (bicyclic) bond motifs is 1. The van der Waals surface area contributed by atoms with Gasteiger partial charge in [-0.2, -0.15) is 0 Å². The third-order valence-electron chi connectivity index (χ3n) is 4.76. The minimum absolute atomic E-state index is 0.0127. The molecule has 1 amide bonds. The lowest BCUT2D eigenvalue weighted by Crippen LogP contribution is -2.33. The number of nitrogens with zero attached hydrogens (tertiary/aromatic N) is 1. The molecule has 1 unspecified atom stereocenters. The summed E-state index contributed by atoms with van der Waals surface area (Å²) < 4.78 is 20.8. The summed E-state index contributed by atoms with van der Waals surface area (Å²) in [6.45, 7) is 0. The second-order valence-electron chi connectivity index (χ2n) is 6.26. The third-order valence-corrected chi connectivity index (χ3v) is 4.76. The molecule has 7 nitrogen and oxygen atoms in total. The Morgan fingerprint density at radius 1 is 1.00 bits per heavy atom. The van der Waals surface area contributed by atoms with Crippen molar-refractivity contribution in [2.24, 2.45) is 0 Å². The number of amides is 1. The quantitative estimate of drug-likeness (QED) is 0.845. The van der Waals surface area contributed by atoms with E-state index in [4.69, 9.17) is 18.9 Å². The minimum atomic E-state index is -0.484. The van der Waals surface area contributed by atoms with Crippen LogP contribution in [0.4, 0.5) is 4.79 Å². The minimum Gasteiger partial charge on any atom is -0.504 e. The summed E-state index contributed by atoms with van der Waals surface area (Å²) in [6.07, 6.45) is 3.47. The lowest BCUT2D eigenvalue weighted by atomic mass is 9.91. The molecule has 1 aliphatic heterocycles. The Morgan fingerprint density at radius 2 is 1.71 bits per heavy atom. The van der Waals surface area contributed by atoms with Crippen LogP contribution in [0.5, 0.6) is 23.0 Å². The van der Waals surface area contributed by atoms with Crippen LogP contribution in [0.15, 0.2) is 36.5 Å². The molecule has 0 fully saturated rings. The highest BCUT2D eigenvalue weighted by Gasteiger charge is 2.30. The van der Waals surface area contributed by atoms with Crippen LogP contribution in [0.1, 0.15) is 22.7 Å². The maximum absolute atomic E-state index is 12.3. The number of hydrogen-bond acceptors (Lipinski definition) is 6. The number of hydrogen-bond donors (Lipinski definition) is 1. The predicted octanol–water partition coefficient (Wildman–Crippen LogP) is 3.75. The van der Waals surface area contributed by atoms with Crippen LogP contribution in [0.25, 0.3) is 6.08 Å². The first-order valence-corrected chi connectivity index (χ1v) is 8.68. The van der Waals surface area contributed by atoms with E-state index in [1.165, 1.54) is 19.1 Å². The van der Waals surface area contributed by atoms with Crippen molar-refractivity contribution in [3.63, 3.8) is 0 Å². The molecule has 0 saturated heterocycles. The standard InChI is InChI=1S/C21H23NO6/c1-25-18-6-5-13(10-20(18)27-3)9-16-15-12-17(23)19(26-2)11-14(15)7-8-22(16)21(24)28-4/h5-8,10-12,16,23H,9H2,1-4H3. The van der Waals surface area contributed by atoms with Crippen molar-refractivity contribution in [2.75, 3.05) is 28.4 Å². The first-order chi connectivity index (χ1) is 13.5. The summed E-state index contributed by atoms with van der Waals surface area (Å²) >= 11 is 0. The first kappa shape index (κ1) is 19.4. The Balaban J connectivity index is 2.04. The van der Waals surface area contributed by atoms with Crippen molar-refractivity contribution in [1.82, 2.24) is 4.90 Å². The third kappa shape index (κ3) is 3.55. The van der Waals surface area contributed by atoms with Crippen LogP contribution in [0.2, 0.25) is 0 Å². The van der Waals surface area contributed by atoms with Gasteiger partial charge in [0.25, 0.3) is 0 Å². The maximum Gasteiger partial charge on any atom is 0.414 e. The molecule has 0 spiro atoms. The lowest BCUT2D eigenvalue weighted by molar-refractivity contribution is 0.125. The van der Waals surface area contributed by atoms with Crippen LogP contribution in [0, 0.1) is 0 Å². The van der Waals surface area contributed by atoms with E-state index in [2.05, 4.69) is 0 Å². The molecule has 0 aliphatic carbocycles. The molecule has 1 atom stereocenters. The largest absolute Gasteiger partial charge is 0.504 e. The Bertz CT molecular complexity index is 908. The van der Waals surface area contributed by atoms with Crippen LogP contribution in [-0.2, 0) is 11.2 Å². The normalized spacial score (nSPS) is 15.0. The van der Waals surface area contributed by atoms with E-state index in [9.17, 15) is 9.90 Å². The van der Waals surface area contributed by atoms with Crippen LogP contribution in [0.3, 0.4) is 0 Å². The fraction of sp³-hybridized carbons (Fsp3) is 0.286. The zero-order valence-corrected chi connectivity index (χ0v) is 16.3. The topological polar surface area (TPSA) is 77.5 Å². The average Bonchev–Trinajstić information content (AvgIpc) is 2.73. The van der Waals surface area contributed by atoms with Crippen LogP contribution < -0.4 is 14.2 Å². The van der Waals surface area contributed by atoms with E-state index in [1.54, 1.807) is 38.6 Å². The zero-order valence-electron chi connectivity index (χ0n) is 16.3. The van der Waals surface area contributed by atoms with E-state index in [1.807, 2.05) is 18.2 Å². The molecule has 0 bridgehead atoms. The zero-order chi connectivity index (χ0) is 20.3. The van der Waals surface area contributed by atoms with Gasteiger partial charge in [-0.15, -0.1) is 0 Å². The van der Waals surface area contributed by atoms with Gasteiger partial charge in [-0.05, 0) is 53.5 Å². The monoisotopic (exact) mass is 385 g/mol. The molecule has 0 radical (unpaired) electrons. The van der Waals surface area contributed by atoms with Gasteiger partial charge in [0.1, 0.15) is 0 Å². The van der Waals surface area contributed by atoms with E-state index < -0.39 is 6.09 Å². The number of rotatable bonds is 5. The summed E-state index contributed by atoms with van der Waals surface area (Å²) in [4.78, 5) is 13.8. The summed E-state index contributed by atoms with van der Waals surface area (Å²) in [5, 5.41) is 10.3. The van der Waals surface area contributed by atoms with Crippen LogP contribution >= 0.6 is 0 Å². The van der Waals surface area contributed by atoms with Gasteiger partial charge in [0.15, 0.2) is 23.0 Å². The molecule has 148 valence electrons. The van der Waals surface area contributed by atoms with Gasteiger partial charge in [-0.25, -0.2) is 4.79 Å². The number of phenolic OH excluding ortho intramolecular Hbond substituents is 1. The molecule has 3 rings (SSSR count). The van der Waals surface area contributed by atoms with Gasteiger partial charge in [-0.3, -0.25) is 4.90 Å².